The van der Waals surface area contributed by atoms with Crippen LogP contribution in [0.25, 0.3) is 0 Å². The number of rotatable bonds is 10. The number of carboxylic acid groups (broad SMARTS) is 3. The van der Waals surface area contributed by atoms with Crippen molar-refractivity contribution >= 4 is 48.1 Å². The van der Waals surface area contributed by atoms with Gasteiger partial charge in [0, 0.05) is 19.1 Å². The van der Waals surface area contributed by atoms with E-state index in [4.69, 9.17) is 21.1 Å². The molecule has 12 nitrogen and oxygen atoms in total. The van der Waals surface area contributed by atoms with Crippen molar-refractivity contribution in [1.29, 1.82) is 0 Å². The molecule has 0 aliphatic carbocycles. The van der Waals surface area contributed by atoms with Crippen LogP contribution >= 0.6 is 12.6 Å². The van der Waals surface area contributed by atoms with E-state index in [1.165, 1.54) is 0 Å². The highest BCUT2D eigenvalue weighted by atomic mass is 32.1. The molecule has 0 heterocycles. The molecule has 0 saturated carbocycles. The zero-order valence-electron chi connectivity index (χ0n) is 13.8. The molecule has 0 rings (SSSR count). The molecule has 0 spiro atoms. The van der Waals surface area contributed by atoms with Gasteiger partial charge < -0.3 is 31.7 Å². The molecule has 7 N–H and O–H groups in total. The summed E-state index contributed by atoms with van der Waals surface area (Å²) < 4.78 is 0. The molecular weight excluding hydrogens is 374 g/mol. The number of nitrogens with two attached hydrogens (primary N) is 1. The third-order valence-electron chi connectivity index (χ3n) is 2.55. The number of hydrogen-bond acceptors (Lipinski definition) is 8. The largest absolute Gasteiger partial charge is 0.480 e. The summed E-state index contributed by atoms with van der Waals surface area (Å²) in [5.74, 6) is -5.91. The second-order valence-electron chi connectivity index (χ2n) is 4.76. The van der Waals surface area contributed by atoms with E-state index in [0.717, 1.165) is 6.92 Å². The Hall–Kier alpha value is -2.67. The summed E-state index contributed by atoms with van der Waals surface area (Å²) in [7, 11) is 0. The summed E-state index contributed by atoms with van der Waals surface area (Å²) in [4.78, 5) is 62.6. The fourth-order valence-corrected chi connectivity index (χ4v) is 1.41. The number of carbonyl (C=O) groups is 6. The number of carboxylic acids is 3. The summed E-state index contributed by atoms with van der Waals surface area (Å²) in [5, 5.41) is 29.0. The Kier molecular flexibility index (Phi) is 13.4. The van der Waals surface area contributed by atoms with E-state index in [1.54, 1.807) is 0 Å². The fourth-order valence-electron chi connectivity index (χ4n) is 1.16. The molecule has 0 aromatic rings. The molecule has 0 saturated heterocycles. The van der Waals surface area contributed by atoms with Gasteiger partial charge in [0.15, 0.2) is 0 Å². The van der Waals surface area contributed by atoms with Crippen molar-refractivity contribution in [3.63, 3.8) is 0 Å². The Morgan fingerprint density at radius 2 is 1.58 bits per heavy atom. The molecular formula is C13H21N3O9S. The summed E-state index contributed by atoms with van der Waals surface area (Å²) in [5.41, 5.74) is 5.23. The molecule has 26 heavy (non-hydrogen) atoms. The summed E-state index contributed by atoms with van der Waals surface area (Å²) in [6, 6.07) is -2.15. The zero-order chi connectivity index (χ0) is 20.9. The van der Waals surface area contributed by atoms with Gasteiger partial charge in [-0.2, -0.15) is 12.6 Å². The molecule has 0 aliphatic heterocycles. The van der Waals surface area contributed by atoms with Crippen LogP contribution in [-0.2, 0) is 28.8 Å². The summed E-state index contributed by atoms with van der Waals surface area (Å²) >= 11 is 3.87. The van der Waals surface area contributed by atoms with Crippen LogP contribution < -0.4 is 16.4 Å². The van der Waals surface area contributed by atoms with Crippen molar-refractivity contribution in [3.8, 4) is 0 Å². The van der Waals surface area contributed by atoms with Crippen molar-refractivity contribution in [1.82, 2.24) is 10.6 Å². The molecule has 0 aromatic carbocycles. The molecule has 0 fully saturated rings. The van der Waals surface area contributed by atoms with Crippen molar-refractivity contribution in [3.05, 3.63) is 0 Å². The minimum Gasteiger partial charge on any atom is -0.480 e. The van der Waals surface area contributed by atoms with Crippen molar-refractivity contribution in [2.24, 2.45) is 5.73 Å². The minimum absolute atomic E-state index is 0.0256. The lowest BCUT2D eigenvalue weighted by molar-refractivity contribution is -0.148. The van der Waals surface area contributed by atoms with Crippen molar-refractivity contribution < 1.29 is 44.1 Å². The molecule has 13 heteroatoms. The fraction of sp³-hybridized carbons (Fsp3) is 0.538. The van der Waals surface area contributed by atoms with Crippen LogP contribution in [0.1, 0.15) is 19.8 Å². The van der Waals surface area contributed by atoms with Crippen LogP contribution in [0.5, 0.6) is 0 Å². The molecule has 2 amide bonds. The lowest BCUT2D eigenvalue weighted by Gasteiger charge is -2.16. The van der Waals surface area contributed by atoms with E-state index in [0.29, 0.717) is 0 Å². The minimum atomic E-state index is -1.38. The van der Waals surface area contributed by atoms with Gasteiger partial charge in [0.25, 0.3) is 0 Å². The first-order valence-electron chi connectivity index (χ1n) is 7.04. The van der Waals surface area contributed by atoms with Gasteiger partial charge in [-0.15, -0.1) is 0 Å². The smallest absolute Gasteiger partial charge is 0.371 e. The van der Waals surface area contributed by atoms with Gasteiger partial charge in [-0.05, 0) is 6.42 Å². The number of thiol groups is 1. The maximum atomic E-state index is 11.5. The standard InChI is InChI=1S/C10H17N3O6S.C3H4O3/c11-5(10(18)19)1-2-7(14)13-6(4-20)9(17)12-3-8(15)16;1-2(4)3(5)6/h5-6,20H,1-4,11H2,(H,12,17)(H,13,14)(H,15,16)(H,18,19);1H3,(H,5,6)/t5-,6-;/m0./s1. The average Bonchev–Trinajstić information content (AvgIpc) is 2.55. The predicted octanol–water partition coefficient (Wildman–Crippen LogP) is -2.55. The number of ketones is 1. The Bertz CT molecular complexity index is 541. The van der Waals surface area contributed by atoms with E-state index >= 15 is 0 Å². The number of amides is 2. The van der Waals surface area contributed by atoms with E-state index < -0.39 is 54.1 Å². The molecule has 0 aliphatic rings. The number of carbonyl (C=O) groups excluding carboxylic acids is 3. The Morgan fingerprint density at radius 1 is 1.08 bits per heavy atom. The van der Waals surface area contributed by atoms with Crippen LogP contribution in [0.15, 0.2) is 0 Å². The normalized spacial score (nSPS) is 11.8. The zero-order valence-corrected chi connectivity index (χ0v) is 14.7. The lowest BCUT2D eigenvalue weighted by atomic mass is 10.1. The molecule has 0 aromatic heterocycles. The first-order chi connectivity index (χ1) is 11.9. The number of aliphatic carboxylic acids is 3. The summed E-state index contributed by atoms with van der Waals surface area (Å²) in [6.07, 6.45) is -0.235. The first kappa shape index (κ1) is 25.6. The molecule has 2 atom stereocenters. The Balaban J connectivity index is 0. The van der Waals surface area contributed by atoms with Crippen LogP contribution in [0.4, 0.5) is 0 Å². The van der Waals surface area contributed by atoms with Gasteiger partial charge in [0.2, 0.25) is 17.6 Å². The second-order valence-corrected chi connectivity index (χ2v) is 5.12. The van der Waals surface area contributed by atoms with Gasteiger partial charge in [-0.1, -0.05) is 0 Å². The number of Topliss-reactive ketones (excluding diaryl/α,β-unsaturated/α-hetero) is 1. The van der Waals surface area contributed by atoms with E-state index in [-0.39, 0.29) is 18.6 Å². The predicted molar refractivity (Wildman–Crippen MR) is 89.6 cm³/mol. The Morgan fingerprint density at radius 3 is 1.92 bits per heavy atom. The van der Waals surface area contributed by atoms with Gasteiger partial charge in [-0.3, -0.25) is 24.0 Å². The quantitative estimate of drug-likeness (QED) is 0.152. The van der Waals surface area contributed by atoms with E-state index in [1.807, 2.05) is 0 Å². The second kappa shape index (κ2) is 13.6. The lowest BCUT2D eigenvalue weighted by Crippen LogP contribution is -2.49. The van der Waals surface area contributed by atoms with Crippen LogP contribution in [0, 0.1) is 0 Å². The maximum Gasteiger partial charge on any atom is 0.371 e. The number of nitrogens with one attached hydrogen (secondary N) is 2. The maximum absolute atomic E-state index is 11.5. The average molecular weight is 395 g/mol. The van der Waals surface area contributed by atoms with Gasteiger partial charge in [0.1, 0.15) is 18.6 Å². The van der Waals surface area contributed by atoms with Gasteiger partial charge in [0.05, 0.1) is 0 Å². The third kappa shape index (κ3) is 13.7. The summed E-state index contributed by atoms with van der Waals surface area (Å²) in [6.45, 7) is 0.436. The van der Waals surface area contributed by atoms with Crippen LogP contribution in [0.3, 0.4) is 0 Å². The molecule has 148 valence electrons. The SMILES string of the molecule is CC(=O)C(=O)O.N[C@@H](CCC(=O)N[C@@H](CS)C(=O)NCC(=O)O)C(=O)O. The monoisotopic (exact) mass is 395 g/mol. The molecule has 0 unspecified atom stereocenters. The van der Waals surface area contributed by atoms with Crippen molar-refractivity contribution in [2.45, 2.75) is 31.8 Å². The highest BCUT2D eigenvalue weighted by Crippen LogP contribution is 1.97. The van der Waals surface area contributed by atoms with Crippen molar-refractivity contribution in [2.75, 3.05) is 12.3 Å². The van der Waals surface area contributed by atoms with E-state index in [9.17, 15) is 28.8 Å². The number of hydrogen-bond donors (Lipinski definition) is 7. The first-order valence-corrected chi connectivity index (χ1v) is 7.67. The molecule has 0 bridgehead atoms. The van der Waals surface area contributed by atoms with Crippen LogP contribution in [-0.4, -0.2) is 75.2 Å². The molecule has 0 radical (unpaired) electrons. The van der Waals surface area contributed by atoms with Gasteiger partial charge >= 0.3 is 17.9 Å². The Labute approximate surface area is 153 Å². The highest BCUT2D eigenvalue weighted by molar-refractivity contribution is 7.80. The third-order valence-corrected chi connectivity index (χ3v) is 2.91. The highest BCUT2D eigenvalue weighted by Gasteiger charge is 2.20. The van der Waals surface area contributed by atoms with E-state index in [2.05, 4.69) is 23.3 Å². The topological polar surface area (TPSA) is 213 Å². The van der Waals surface area contributed by atoms with Gasteiger partial charge in [-0.25, -0.2) is 4.79 Å². The van der Waals surface area contributed by atoms with Crippen LogP contribution in [0.2, 0.25) is 0 Å².